The fourth-order valence-electron chi connectivity index (χ4n) is 4.47. The van der Waals surface area contributed by atoms with Crippen molar-refractivity contribution in [1.29, 1.82) is 0 Å². The molecule has 2 aliphatic rings. The van der Waals surface area contributed by atoms with Gasteiger partial charge in [-0.1, -0.05) is 0 Å². The summed E-state index contributed by atoms with van der Waals surface area (Å²) in [6, 6.07) is 3.92. The molecule has 3 heterocycles. The normalized spacial score (nSPS) is 24.7. The molecule has 1 aliphatic heterocycles. The van der Waals surface area contributed by atoms with Crippen LogP contribution in [-0.2, 0) is 7.05 Å². The first-order valence-corrected chi connectivity index (χ1v) is 9.05. The first-order chi connectivity index (χ1) is 12.5. The van der Waals surface area contributed by atoms with Crippen LogP contribution < -0.4 is 5.32 Å². The Labute approximate surface area is 152 Å². The van der Waals surface area contributed by atoms with Crippen LogP contribution in [0.15, 0.2) is 18.3 Å². The van der Waals surface area contributed by atoms with E-state index in [9.17, 15) is 4.79 Å². The van der Waals surface area contributed by atoms with Gasteiger partial charge in [-0.05, 0) is 55.2 Å². The molecule has 8 heteroatoms. The third-order valence-corrected chi connectivity index (χ3v) is 5.72. The molecule has 2 aromatic rings. The molecule has 1 saturated carbocycles. The number of hydrogen-bond acceptors (Lipinski definition) is 5. The number of nitrogens with zero attached hydrogens (tertiary/aromatic N) is 5. The molecule has 1 amide bonds. The quantitative estimate of drug-likeness (QED) is 0.872. The van der Waals surface area contributed by atoms with Crippen LogP contribution in [0.2, 0.25) is 0 Å². The van der Waals surface area contributed by atoms with Gasteiger partial charge in [-0.25, -0.2) is 4.79 Å². The maximum Gasteiger partial charge on any atom is 0.407 e. The molecule has 0 aromatic carbocycles. The van der Waals surface area contributed by atoms with Crippen LogP contribution in [-0.4, -0.2) is 55.7 Å². The van der Waals surface area contributed by atoms with E-state index in [1.807, 2.05) is 37.0 Å². The standard InChI is InChI=1S/C18H24N6O2/c1-11-7-20-23(2)17(11)15-3-4-16(22-21-15)19-8-12-5-13-9-24(18(25)26)10-14(13)6-12/h3-4,7,12-14H,5-6,8-10H2,1-2H3,(H,19,22)(H,25,26)/t12-,13-,14+. The van der Waals surface area contributed by atoms with Crippen LogP contribution in [0.3, 0.4) is 0 Å². The highest BCUT2D eigenvalue weighted by Gasteiger charge is 2.42. The Balaban J connectivity index is 1.32. The number of rotatable bonds is 4. The number of carbonyl (C=O) groups is 1. The Bertz CT molecular complexity index is 769. The lowest BCUT2D eigenvalue weighted by molar-refractivity contribution is 0.151. The Morgan fingerprint density at radius 3 is 2.54 bits per heavy atom. The van der Waals surface area contributed by atoms with Crippen LogP contribution >= 0.6 is 0 Å². The van der Waals surface area contributed by atoms with Crippen LogP contribution in [0, 0.1) is 24.7 Å². The molecule has 0 spiro atoms. The van der Waals surface area contributed by atoms with Crippen LogP contribution in [0.25, 0.3) is 11.4 Å². The van der Waals surface area contributed by atoms with Crippen LogP contribution in [0.4, 0.5) is 10.6 Å². The average Bonchev–Trinajstić information content (AvgIpc) is 3.27. The number of likely N-dealkylation sites (tertiary alicyclic amines) is 1. The van der Waals surface area contributed by atoms with Gasteiger partial charge in [0.2, 0.25) is 0 Å². The van der Waals surface area contributed by atoms with Crippen molar-refractivity contribution in [2.75, 3.05) is 25.0 Å². The summed E-state index contributed by atoms with van der Waals surface area (Å²) in [5.74, 6) is 2.37. The molecule has 1 aliphatic carbocycles. The second-order valence-electron chi connectivity index (χ2n) is 7.53. The van der Waals surface area contributed by atoms with E-state index >= 15 is 0 Å². The smallest absolute Gasteiger partial charge is 0.407 e. The van der Waals surface area contributed by atoms with E-state index in [1.165, 1.54) is 0 Å². The summed E-state index contributed by atoms with van der Waals surface area (Å²) in [4.78, 5) is 12.6. The SMILES string of the molecule is Cc1cnn(C)c1-c1ccc(NC[C@@H]2C[C@@H]3CN(C(=O)O)C[C@@H]3C2)nn1. The summed E-state index contributed by atoms with van der Waals surface area (Å²) >= 11 is 0. The Kier molecular flexibility index (Phi) is 4.26. The Morgan fingerprint density at radius 2 is 2.00 bits per heavy atom. The van der Waals surface area contributed by atoms with Gasteiger partial charge in [-0.3, -0.25) is 4.68 Å². The molecular weight excluding hydrogens is 332 g/mol. The van der Waals surface area contributed by atoms with Crippen molar-refractivity contribution in [3.8, 4) is 11.4 Å². The van der Waals surface area contributed by atoms with E-state index < -0.39 is 6.09 Å². The summed E-state index contributed by atoms with van der Waals surface area (Å²) in [5.41, 5.74) is 2.88. The molecular formula is C18H24N6O2. The molecule has 1 saturated heterocycles. The molecule has 8 nitrogen and oxygen atoms in total. The number of fused-ring (bicyclic) bond motifs is 1. The van der Waals surface area contributed by atoms with Crippen molar-refractivity contribution in [2.45, 2.75) is 19.8 Å². The number of aromatic nitrogens is 4. The van der Waals surface area contributed by atoms with Gasteiger partial charge in [0.05, 0.1) is 11.9 Å². The largest absolute Gasteiger partial charge is 0.465 e. The van der Waals surface area contributed by atoms with Gasteiger partial charge in [-0.15, -0.1) is 10.2 Å². The number of anilines is 1. The highest BCUT2D eigenvalue weighted by atomic mass is 16.4. The van der Waals surface area contributed by atoms with Gasteiger partial charge in [0.1, 0.15) is 11.5 Å². The van der Waals surface area contributed by atoms with Crippen molar-refractivity contribution in [1.82, 2.24) is 24.9 Å². The first-order valence-electron chi connectivity index (χ1n) is 9.05. The summed E-state index contributed by atoms with van der Waals surface area (Å²) in [5, 5.41) is 25.4. The molecule has 138 valence electrons. The molecule has 2 fully saturated rings. The summed E-state index contributed by atoms with van der Waals surface area (Å²) < 4.78 is 1.81. The van der Waals surface area contributed by atoms with Gasteiger partial charge in [0.15, 0.2) is 0 Å². The topological polar surface area (TPSA) is 96.2 Å². The van der Waals surface area contributed by atoms with Crippen molar-refractivity contribution in [3.63, 3.8) is 0 Å². The minimum atomic E-state index is -0.784. The lowest BCUT2D eigenvalue weighted by atomic mass is 10.0. The van der Waals surface area contributed by atoms with Crippen molar-refractivity contribution in [3.05, 3.63) is 23.9 Å². The van der Waals surface area contributed by atoms with Crippen molar-refractivity contribution < 1.29 is 9.90 Å². The third-order valence-electron chi connectivity index (χ3n) is 5.72. The zero-order valence-electron chi connectivity index (χ0n) is 15.1. The maximum atomic E-state index is 11.1. The zero-order valence-corrected chi connectivity index (χ0v) is 15.1. The van der Waals surface area contributed by atoms with E-state index in [0.717, 1.165) is 42.2 Å². The molecule has 2 N–H and O–H groups in total. The van der Waals surface area contributed by atoms with Gasteiger partial charge in [0, 0.05) is 26.7 Å². The van der Waals surface area contributed by atoms with E-state index in [1.54, 1.807) is 4.90 Å². The highest BCUT2D eigenvalue weighted by Crippen LogP contribution is 2.41. The molecule has 2 aromatic heterocycles. The second-order valence-corrected chi connectivity index (χ2v) is 7.53. The number of aryl methyl sites for hydroxylation is 2. The zero-order chi connectivity index (χ0) is 18.3. The lowest BCUT2D eigenvalue weighted by Gasteiger charge is -2.16. The number of hydrogen-bond donors (Lipinski definition) is 2. The number of amides is 1. The molecule has 3 atom stereocenters. The average molecular weight is 356 g/mol. The minimum Gasteiger partial charge on any atom is -0.465 e. The predicted molar refractivity (Wildman–Crippen MR) is 96.8 cm³/mol. The predicted octanol–water partition coefficient (Wildman–Crippen LogP) is 2.23. The van der Waals surface area contributed by atoms with E-state index in [-0.39, 0.29) is 0 Å². The summed E-state index contributed by atoms with van der Waals surface area (Å²) in [7, 11) is 1.90. The molecule has 4 rings (SSSR count). The molecule has 0 bridgehead atoms. The van der Waals surface area contributed by atoms with Gasteiger partial charge in [0.25, 0.3) is 0 Å². The van der Waals surface area contributed by atoms with E-state index in [2.05, 4.69) is 20.6 Å². The Morgan fingerprint density at radius 1 is 1.27 bits per heavy atom. The van der Waals surface area contributed by atoms with Crippen LogP contribution in [0.5, 0.6) is 0 Å². The summed E-state index contributed by atoms with van der Waals surface area (Å²) in [6.45, 7) is 4.25. The van der Waals surface area contributed by atoms with E-state index in [0.29, 0.717) is 30.8 Å². The van der Waals surface area contributed by atoms with Crippen molar-refractivity contribution >= 4 is 11.9 Å². The van der Waals surface area contributed by atoms with Gasteiger partial charge in [-0.2, -0.15) is 5.10 Å². The van der Waals surface area contributed by atoms with Gasteiger partial charge < -0.3 is 15.3 Å². The number of carboxylic acid groups (broad SMARTS) is 1. The molecule has 26 heavy (non-hydrogen) atoms. The molecule has 0 unspecified atom stereocenters. The Hall–Kier alpha value is -2.64. The van der Waals surface area contributed by atoms with E-state index in [4.69, 9.17) is 5.11 Å². The second kappa shape index (κ2) is 6.59. The van der Waals surface area contributed by atoms with Gasteiger partial charge >= 0.3 is 6.09 Å². The molecule has 0 radical (unpaired) electrons. The van der Waals surface area contributed by atoms with Crippen molar-refractivity contribution in [2.24, 2.45) is 24.8 Å². The number of nitrogens with one attached hydrogen (secondary N) is 1. The maximum absolute atomic E-state index is 11.1. The monoisotopic (exact) mass is 356 g/mol. The fourth-order valence-corrected chi connectivity index (χ4v) is 4.47. The third kappa shape index (κ3) is 3.11. The summed E-state index contributed by atoms with van der Waals surface area (Å²) in [6.07, 6.45) is 3.21. The highest BCUT2D eigenvalue weighted by molar-refractivity contribution is 5.65. The first kappa shape index (κ1) is 16.8. The van der Waals surface area contributed by atoms with Crippen LogP contribution in [0.1, 0.15) is 18.4 Å². The minimum absolute atomic E-state index is 0.513. The lowest BCUT2D eigenvalue weighted by Crippen LogP contribution is -2.28. The fraction of sp³-hybridized carbons (Fsp3) is 0.556.